The van der Waals surface area contributed by atoms with E-state index in [-0.39, 0.29) is 11.9 Å². The van der Waals surface area contributed by atoms with E-state index in [1.807, 2.05) is 0 Å². The van der Waals surface area contributed by atoms with Gasteiger partial charge in [-0.15, -0.1) is 0 Å². The van der Waals surface area contributed by atoms with Crippen LogP contribution in [0.2, 0.25) is 0 Å². The number of carbonyl (C=O) groups is 1. The highest BCUT2D eigenvalue weighted by molar-refractivity contribution is 5.82. The van der Waals surface area contributed by atoms with E-state index in [1.165, 1.54) is 6.07 Å². The van der Waals surface area contributed by atoms with E-state index in [0.717, 1.165) is 6.07 Å². The molecule has 0 aromatic heterocycles. The summed E-state index contributed by atoms with van der Waals surface area (Å²) >= 11 is 0. The molecule has 1 aromatic rings. The van der Waals surface area contributed by atoms with Crippen LogP contribution in [0.4, 0.5) is 8.78 Å². The van der Waals surface area contributed by atoms with Gasteiger partial charge >= 0.3 is 0 Å². The molecule has 0 radical (unpaired) electrons. The van der Waals surface area contributed by atoms with Crippen LogP contribution >= 0.6 is 0 Å². The van der Waals surface area contributed by atoms with Gasteiger partial charge in [0, 0.05) is 12.6 Å². The van der Waals surface area contributed by atoms with Crippen molar-refractivity contribution in [3.8, 4) is 0 Å². The number of hydrogen-bond donors (Lipinski definition) is 1. The van der Waals surface area contributed by atoms with E-state index >= 15 is 0 Å². The Balaban J connectivity index is 2.39. The highest BCUT2D eigenvalue weighted by atomic mass is 19.1. The van der Waals surface area contributed by atoms with Crippen molar-refractivity contribution in [2.45, 2.75) is 32.4 Å². The Morgan fingerprint density at radius 3 is 2.78 bits per heavy atom. The molecule has 1 unspecified atom stereocenters. The van der Waals surface area contributed by atoms with Crippen LogP contribution in [0, 0.1) is 11.6 Å². The van der Waals surface area contributed by atoms with Crippen LogP contribution in [0.15, 0.2) is 12.1 Å². The summed E-state index contributed by atoms with van der Waals surface area (Å²) in [5.74, 6) is -1.35. The van der Waals surface area contributed by atoms with Crippen molar-refractivity contribution in [3.05, 3.63) is 34.9 Å². The zero-order valence-corrected chi connectivity index (χ0v) is 10.4. The van der Waals surface area contributed by atoms with E-state index in [4.69, 9.17) is 5.73 Å². The lowest BCUT2D eigenvalue weighted by molar-refractivity contribution is -0.134. The Morgan fingerprint density at radius 2 is 2.17 bits per heavy atom. The zero-order chi connectivity index (χ0) is 13.4. The molecule has 0 saturated carbocycles. The number of carbonyl (C=O) groups excluding carboxylic acids is 1. The van der Waals surface area contributed by atoms with E-state index in [2.05, 4.69) is 0 Å². The van der Waals surface area contributed by atoms with Crippen LogP contribution in [0.25, 0.3) is 0 Å². The molecule has 0 aliphatic carbocycles. The maximum absolute atomic E-state index is 13.6. The summed E-state index contributed by atoms with van der Waals surface area (Å²) in [5.41, 5.74) is 6.60. The third-order valence-electron chi connectivity index (χ3n) is 3.39. The lowest BCUT2D eigenvalue weighted by Crippen LogP contribution is -2.46. The number of nitrogens with two attached hydrogens (primary N) is 1. The molecule has 2 rings (SSSR count). The van der Waals surface area contributed by atoms with Gasteiger partial charge in [0.2, 0.25) is 5.91 Å². The molecule has 0 saturated heterocycles. The maximum Gasteiger partial charge on any atom is 0.239 e. The van der Waals surface area contributed by atoms with Gasteiger partial charge in [0.05, 0.1) is 12.1 Å². The maximum atomic E-state index is 13.6. The second kappa shape index (κ2) is 4.65. The second-order valence-corrected chi connectivity index (χ2v) is 4.70. The van der Waals surface area contributed by atoms with Gasteiger partial charge < -0.3 is 10.6 Å². The smallest absolute Gasteiger partial charge is 0.239 e. The van der Waals surface area contributed by atoms with E-state index in [1.54, 1.807) is 18.7 Å². The van der Waals surface area contributed by atoms with Gasteiger partial charge in [-0.05, 0) is 37.5 Å². The Hall–Kier alpha value is -1.49. The van der Waals surface area contributed by atoms with Gasteiger partial charge in [0.1, 0.15) is 11.6 Å². The number of fused-ring (bicyclic) bond motifs is 1. The molecule has 18 heavy (non-hydrogen) atoms. The quantitative estimate of drug-likeness (QED) is 0.830. The lowest BCUT2D eigenvalue weighted by atomic mass is 9.92. The number of benzene rings is 1. The molecule has 5 heteroatoms. The fraction of sp³-hybridized carbons (Fsp3) is 0.462. The van der Waals surface area contributed by atoms with Gasteiger partial charge in [0.15, 0.2) is 0 Å². The van der Waals surface area contributed by atoms with Crippen molar-refractivity contribution < 1.29 is 13.6 Å². The zero-order valence-electron chi connectivity index (χ0n) is 10.4. The predicted octanol–water partition coefficient (Wildman–Crippen LogP) is 1.76. The summed E-state index contributed by atoms with van der Waals surface area (Å²) in [5, 5.41) is 0. The first-order chi connectivity index (χ1) is 8.41. The van der Waals surface area contributed by atoms with Crippen LogP contribution < -0.4 is 5.73 Å². The highest BCUT2D eigenvalue weighted by Gasteiger charge is 2.30. The van der Waals surface area contributed by atoms with Gasteiger partial charge in [-0.2, -0.15) is 0 Å². The van der Waals surface area contributed by atoms with Crippen molar-refractivity contribution >= 4 is 5.91 Å². The van der Waals surface area contributed by atoms with Crippen LogP contribution in [0.3, 0.4) is 0 Å². The monoisotopic (exact) mass is 254 g/mol. The number of rotatable bonds is 1. The molecule has 1 aliphatic heterocycles. The molecule has 1 aliphatic rings. The average Bonchev–Trinajstić information content (AvgIpc) is 2.29. The van der Waals surface area contributed by atoms with Crippen LogP contribution in [0.1, 0.15) is 31.0 Å². The predicted molar refractivity (Wildman–Crippen MR) is 63.8 cm³/mol. The Morgan fingerprint density at radius 1 is 1.50 bits per heavy atom. The standard InChI is InChI=1S/C13H16F2N2O/c1-7(16)13(18)17-4-3-10-11(8(17)2)5-9(14)6-12(10)15/h5-8H,3-4,16H2,1-2H3/t7-,8?/m1/s1. The molecule has 2 atom stereocenters. The fourth-order valence-corrected chi connectivity index (χ4v) is 2.42. The number of hydrogen-bond acceptors (Lipinski definition) is 2. The molecule has 1 aromatic carbocycles. The first-order valence-corrected chi connectivity index (χ1v) is 5.95. The third kappa shape index (κ3) is 2.10. The molecule has 3 nitrogen and oxygen atoms in total. The molecule has 1 heterocycles. The topological polar surface area (TPSA) is 46.3 Å². The van der Waals surface area contributed by atoms with Gasteiger partial charge in [0.25, 0.3) is 0 Å². The molecule has 0 fully saturated rings. The molecule has 0 bridgehead atoms. The van der Waals surface area contributed by atoms with Crippen molar-refractivity contribution in [1.29, 1.82) is 0 Å². The summed E-state index contributed by atoms with van der Waals surface area (Å²) < 4.78 is 26.9. The van der Waals surface area contributed by atoms with Gasteiger partial charge in [-0.25, -0.2) is 8.78 Å². The van der Waals surface area contributed by atoms with Crippen molar-refractivity contribution in [2.75, 3.05) is 6.54 Å². The van der Waals surface area contributed by atoms with Crippen LogP contribution in [-0.4, -0.2) is 23.4 Å². The second-order valence-electron chi connectivity index (χ2n) is 4.70. The SMILES string of the molecule is CC1c2cc(F)cc(F)c2CCN1C(=O)[C@@H](C)N. The fourth-order valence-electron chi connectivity index (χ4n) is 2.42. The van der Waals surface area contributed by atoms with Crippen molar-refractivity contribution in [1.82, 2.24) is 4.90 Å². The van der Waals surface area contributed by atoms with Gasteiger partial charge in [-0.3, -0.25) is 4.79 Å². The largest absolute Gasteiger partial charge is 0.334 e. The minimum absolute atomic E-state index is 0.196. The van der Waals surface area contributed by atoms with Crippen LogP contribution in [-0.2, 0) is 11.2 Å². The lowest BCUT2D eigenvalue weighted by Gasteiger charge is -2.36. The first kappa shape index (κ1) is 13.0. The minimum atomic E-state index is -0.617. The van der Waals surface area contributed by atoms with Crippen LogP contribution in [0.5, 0.6) is 0 Å². The van der Waals surface area contributed by atoms with E-state index < -0.39 is 17.7 Å². The summed E-state index contributed by atoms with van der Waals surface area (Å²) in [6.45, 7) is 3.78. The highest BCUT2D eigenvalue weighted by Crippen LogP contribution is 2.31. The van der Waals surface area contributed by atoms with Crippen molar-refractivity contribution in [2.24, 2.45) is 5.73 Å². The number of halogens is 2. The van der Waals surface area contributed by atoms with E-state index in [9.17, 15) is 13.6 Å². The average molecular weight is 254 g/mol. The molecule has 98 valence electrons. The summed E-state index contributed by atoms with van der Waals surface area (Å²) in [6, 6.07) is 1.23. The van der Waals surface area contributed by atoms with E-state index in [0.29, 0.717) is 24.1 Å². The number of amides is 1. The Bertz CT molecular complexity index is 488. The molecular formula is C13H16F2N2O. The summed E-state index contributed by atoms with van der Waals surface area (Å²) in [6.07, 6.45) is 0.393. The Labute approximate surface area is 105 Å². The first-order valence-electron chi connectivity index (χ1n) is 5.95. The molecular weight excluding hydrogens is 238 g/mol. The minimum Gasteiger partial charge on any atom is -0.334 e. The summed E-state index contributed by atoms with van der Waals surface area (Å²) in [4.78, 5) is 13.5. The Kier molecular flexibility index (Phi) is 3.34. The van der Waals surface area contributed by atoms with Crippen molar-refractivity contribution in [3.63, 3.8) is 0 Å². The number of nitrogens with zero attached hydrogens (tertiary/aromatic N) is 1. The summed E-state index contributed by atoms with van der Waals surface area (Å²) in [7, 11) is 0. The normalized spacial score (nSPS) is 20.5. The third-order valence-corrected chi connectivity index (χ3v) is 3.39. The molecule has 0 spiro atoms. The molecule has 2 N–H and O–H groups in total. The van der Waals surface area contributed by atoms with Gasteiger partial charge in [-0.1, -0.05) is 0 Å². The molecule has 1 amide bonds.